The van der Waals surface area contributed by atoms with Crippen molar-refractivity contribution in [2.24, 2.45) is 0 Å². The van der Waals surface area contributed by atoms with Crippen molar-refractivity contribution in [2.75, 3.05) is 13.2 Å². The first-order valence-electron chi connectivity index (χ1n) is 5.51. The van der Waals surface area contributed by atoms with Crippen LogP contribution in [0.5, 0.6) is 5.75 Å². The largest absolute Gasteiger partial charge is 0.508 e. The monoisotopic (exact) mass is 241 g/mol. The predicted molar refractivity (Wildman–Crippen MR) is 64.2 cm³/mol. The Bertz CT molecular complexity index is 383. The van der Waals surface area contributed by atoms with E-state index < -0.39 is 0 Å². The third-order valence-corrected chi connectivity index (χ3v) is 3.33. The van der Waals surface area contributed by atoms with E-state index in [-0.39, 0.29) is 18.5 Å². The quantitative estimate of drug-likeness (QED) is 0.728. The Balaban J connectivity index is 0.000000963. The van der Waals surface area contributed by atoms with Crippen molar-refractivity contribution in [2.45, 2.75) is 25.0 Å². The molecule has 1 aliphatic carbocycles. The van der Waals surface area contributed by atoms with Crippen LogP contribution in [-0.4, -0.2) is 24.3 Å². The van der Waals surface area contributed by atoms with Crippen molar-refractivity contribution < 1.29 is 9.84 Å². The maximum atomic E-state index is 9.50. The fourth-order valence-corrected chi connectivity index (χ4v) is 2.60. The number of benzene rings is 1. The van der Waals surface area contributed by atoms with Gasteiger partial charge in [-0.25, -0.2) is 0 Å². The molecule has 1 aliphatic heterocycles. The van der Waals surface area contributed by atoms with Gasteiger partial charge in [0.25, 0.3) is 0 Å². The number of halogens is 1. The van der Waals surface area contributed by atoms with Crippen LogP contribution in [0, 0.1) is 0 Å². The molecule has 0 bridgehead atoms. The van der Waals surface area contributed by atoms with E-state index in [0.717, 1.165) is 26.0 Å². The van der Waals surface area contributed by atoms with E-state index in [1.54, 1.807) is 6.07 Å². The summed E-state index contributed by atoms with van der Waals surface area (Å²) < 4.78 is 5.79. The van der Waals surface area contributed by atoms with Crippen LogP contribution in [0.1, 0.15) is 23.7 Å². The second-order valence-corrected chi connectivity index (χ2v) is 4.27. The van der Waals surface area contributed by atoms with E-state index in [1.807, 2.05) is 12.1 Å². The summed E-state index contributed by atoms with van der Waals surface area (Å²) in [7, 11) is 0. The van der Waals surface area contributed by atoms with Gasteiger partial charge in [0.2, 0.25) is 0 Å². The summed E-state index contributed by atoms with van der Waals surface area (Å²) in [6.07, 6.45) is 2.34. The normalized spacial score (nSPS) is 27.5. The minimum Gasteiger partial charge on any atom is -0.508 e. The Labute approximate surface area is 101 Å². The van der Waals surface area contributed by atoms with Crippen LogP contribution in [0.15, 0.2) is 18.2 Å². The van der Waals surface area contributed by atoms with Crippen molar-refractivity contribution in [1.82, 2.24) is 5.32 Å². The molecule has 1 fully saturated rings. The van der Waals surface area contributed by atoms with Crippen molar-refractivity contribution in [3.05, 3.63) is 29.3 Å². The average molecular weight is 242 g/mol. The summed E-state index contributed by atoms with van der Waals surface area (Å²) in [5.74, 6) is 0.337. The third-order valence-electron chi connectivity index (χ3n) is 3.33. The molecule has 3 rings (SSSR count). The van der Waals surface area contributed by atoms with Crippen LogP contribution in [0.25, 0.3) is 0 Å². The lowest BCUT2D eigenvalue weighted by Gasteiger charge is -2.37. The van der Waals surface area contributed by atoms with Crippen molar-refractivity contribution in [1.29, 1.82) is 0 Å². The topological polar surface area (TPSA) is 41.5 Å². The zero-order chi connectivity index (χ0) is 10.3. The average Bonchev–Trinajstić information content (AvgIpc) is 2.29. The molecule has 1 heterocycles. The molecule has 0 spiro atoms. The van der Waals surface area contributed by atoms with Gasteiger partial charge in [-0.2, -0.15) is 0 Å². The molecule has 16 heavy (non-hydrogen) atoms. The summed E-state index contributed by atoms with van der Waals surface area (Å²) in [5, 5.41) is 13.0. The number of hydrogen-bond donors (Lipinski definition) is 2. The zero-order valence-corrected chi connectivity index (χ0v) is 9.80. The van der Waals surface area contributed by atoms with Gasteiger partial charge < -0.3 is 15.2 Å². The number of ether oxygens (including phenoxy) is 1. The number of fused-ring (bicyclic) bond motifs is 3. The lowest BCUT2D eigenvalue weighted by Crippen LogP contribution is -2.45. The van der Waals surface area contributed by atoms with Crippen LogP contribution in [0.3, 0.4) is 0 Å². The molecule has 2 atom stereocenters. The molecule has 0 unspecified atom stereocenters. The first kappa shape index (κ1) is 11.7. The highest BCUT2D eigenvalue weighted by Gasteiger charge is 2.32. The van der Waals surface area contributed by atoms with Crippen LogP contribution in [0.2, 0.25) is 0 Å². The van der Waals surface area contributed by atoms with Gasteiger partial charge in [0.1, 0.15) is 5.75 Å². The highest BCUT2D eigenvalue weighted by molar-refractivity contribution is 5.85. The van der Waals surface area contributed by atoms with Gasteiger partial charge in [-0.15, -0.1) is 12.4 Å². The van der Waals surface area contributed by atoms with Gasteiger partial charge in [0, 0.05) is 12.6 Å². The Kier molecular flexibility index (Phi) is 3.38. The summed E-state index contributed by atoms with van der Waals surface area (Å²) in [4.78, 5) is 0. The van der Waals surface area contributed by atoms with E-state index in [9.17, 15) is 5.11 Å². The molecule has 2 aliphatic rings. The van der Waals surface area contributed by atoms with Gasteiger partial charge in [0.05, 0.1) is 12.7 Å². The van der Waals surface area contributed by atoms with Crippen LogP contribution in [0.4, 0.5) is 0 Å². The Hall–Kier alpha value is -0.770. The Morgan fingerprint density at radius 2 is 2.25 bits per heavy atom. The second-order valence-electron chi connectivity index (χ2n) is 4.27. The molecule has 0 aromatic heterocycles. The molecule has 0 amide bonds. The number of phenols is 1. The number of phenolic OH excluding ortho intramolecular Hbond substituents is 1. The maximum Gasteiger partial charge on any atom is 0.115 e. The summed E-state index contributed by atoms with van der Waals surface area (Å²) >= 11 is 0. The van der Waals surface area contributed by atoms with Gasteiger partial charge >= 0.3 is 0 Å². The summed E-state index contributed by atoms with van der Waals surface area (Å²) in [6.45, 7) is 1.70. The number of morpholine rings is 1. The third kappa shape index (κ3) is 1.90. The molecule has 88 valence electrons. The lowest BCUT2D eigenvalue weighted by molar-refractivity contribution is -0.0128. The zero-order valence-electron chi connectivity index (χ0n) is 8.98. The van der Waals surface area contributed by atoms with E-state index in [2.05, 4.69) is 5.32 Å². The molecule has 1 saturated heterocycles. The highest BCUT2D eigenvalue weighted by Crippen LogP contribution is 2.35. The van der Waals surface area contributed by atoms with E-state index >= 15 is 0 Å². The fourth-order valence-electron chi connectivity index (χ4n) is 2.60. The van der Waals surface area contributed by atoms with E-state index in [4.69, 9.17) is 4.74 Å². The smallest absolute Gasteiger partial charge is 0.115 e. The van der Waals surface area contributed by atoms with E-state index in [1.165, 1.54) is 11.1 Å². The first-order valence-corrected chi connectivity index (χ1v) is 5.51. The van der Waals surface area contributed by atoms with Gasteiger partial charge in [-0.3, -0.25) is 0 Å². The minimum absolute atomic E-state index is 0. The molecule has 2 N–H and O–H groups in total. The Morgan fingerprint density at radius 1 is 1.38 bits per heavy atom. The van der Waals surface area contributed by atoms with Crippen molar-refractivity contribution in [3.8, 4) is 5.75 Å². The van der Waals surface area contributed by atoms with E-state index in [0.29, 0.717) is 11.8 Å². The molecule has 0 saturated carbocycles. The maximum absolute atomic E-state index is 9.50. The van der Waals surface area contributed by atoms with Gasteiger partial charge in [-0.1, -0.05) is 6.07 Å². The van der Waals surface area contributed by atoms with Crippen LogP contribution >= 0.6 is 12.4 Å². The molecule has 0 radical (unpaired) electrons. The Morgan fingerprint density at radius 3 is 3.12 bits per heavy atom. The molecular weight excluding hydrogens is 226 g/mol. The van der Waals surface area contributed by atoms with Crippen molar-refractivity contribution in [3.63, 3.8) is 0 Å². The van der Waals surface area contributed by atoms with Gasteiger partial charge in [-0.05, 0) is 36.1 Å². The number of hydrogen-bond acceptors (Lipinski definition) is 3. The number of nitrogens with one attached hydrogen (secondary N) is 1. The standard InChI is InChI=1S/C12H15NO2.ClH/c14-9-3-1-8-2-4-11-12(10(8)7-9)15-6-5-13-11;/h1,3,7,11-14H,2,4-6H2;1H/t11-,12-;/m0./s1. The predicted octanol–water partition coefficient (Wildman–Crippen LogP) is 1.79. The number of aromatic hydroxyl groups is 1. The molecule has 4 heteroatoms. The van der Waals surface area contributed by atoms with Crippen molar-refractivity contribution >= 4 is 12.4 Å². The molecule has 3 nitrogen and oxygen atoms in total. The number of aryl methyl sites for hydroxylation is 1. The highest BCUT2D eigenvalue weighted by atomic mass is 35.5. The van der Waals surface area contributed by atoms with Crippen LogP contribution in [-0.2, 0) is 11.2 Å². The summed E-state index contributed by atoms with van der Waals surface area (Å²) in [5.41, 5.74) is 2.48. The summed E-state index contributed by atoms with van der Waals surface area (Å²) in [6, 6.07) is 6.04. The molecule has 1 aromatic rings. The molecule has 1 aromatic carbocycles. The SMILES string of the molecule is Cl.Oc1ccc2c(c1)[C@@H]1OCCN[C@H]1CC2. The lowest BCUT2D eigenvalue weighted by atomic mass is 9.85. The van der Waals surface area contributed by atoms with Crippen LogP contribution < -0.4 is 5.32 Å². The first-order chi connectivity index (χ1) is 7.34. The minimum atomic E-state index is 0. The number of rotatable bonds is 0. The van der Waals surface area contributed by atoms with Gasteiger partial charge in [0.15, 0.2) is 0 Å². The second kappa shape index (κ2) is 4.62. The molecular formula is C12H16ClNO2. The fraction of sp³-hybridized carbons (Fsp3) is 0.500.